The van der Waals surface area contributed by atoms with Crippen LogP contribution in [-0.4, -0.2) is 5.12 Å². The molecule has 0 bridgehead atoms. The van der Waals surface area contributed by atoms with E-state index < -0.39 is 0 Å². The van der Waals surface area contributed by atoms with Gasteiger partial charge in [-0.25, -0.2) is 0 Å². The van der Waals surface area contributed by atoms with Crippen LogP contribution >= 0.6 is 12.6 Å². The number of thiol groups is 1. The molecule has 1 nitrogen and oxygen atoms in total. The van der Waals surface area contributed by atoms with Gasteiger partial charge in [0.05, 0.1) is 0 Å². The van der Waals surface area contributed by atoms with Crippen molar-refractivity contribution in [2.45, 2.75) is 26.7 Å². The summed E-state index contributed by atoms with van der Waals surface area (Å²) in [6.07, 6.45) is 2.02. The summed E-state index contributed by atoms with van der Waals surface area (Å²) in [6.45, 7) is 3.96. The molecule has 0 rings (SSSR count). The van der Waals surface area contributed by atoms with Crippen LogP contribution in [-0.2, 0) is 4.79 Å². The molecule has 0 saturated carbocycles. The molecular weight excluding hydrogens is 120 g/mol. The second-order valence-corrected chi connectivity index (χ2v) is 2.47. The number of hydrogen-bond donors (Lipinski definition) is 1. The highest BCUT2D eigenvalue weighted by Crippen LogP contribution is 2.07. The summed E-state index contributed by atoms with van der Waals surface area (Å²) in [5, 5.41) is 0.00634. The van der Waals surface area contributed by atoms with Crippen LogP contribution in [0, 0.1) is 5.92 Å². The van der Waals surface area contributed by atoms with Gasteiger partial charge in [-0.05, 0) is 6.42 Å². The molecule has 0 fully saturated rings. The molecule has 0 N–H and O–H groups in total. The molecule has 0 aromatic rings. The van der Waals surface area contributed by atoms with Crippen molar-refractivity contribution < 1.29 is 4.79 Å². The van der Waals surface area contributed by atoms with Crippen molar-refractivity contribution in [1.29, 1.82) is 0 Å². The third-order valence-electron chi connectivity index (χ3n) is 1.14. The van der Waals surface area contributed by atoms with E-state index in [9.17, 15) is 4.79 Å². The highest BCUT2D eigenvalue weighted by molar-refractivity contribution is 7.96. The van der Waals surface area contributed by atoms with E-state index in [1.165, 1.54) is 0 Å². The molecule has 0 aliphatic heterocycles. The second-order valence-electron chi connectivity index (χ2n) is 2.03. The quantitative estimate of drug-likeness (QED) is 0.580. The SMILES string of the molecule is CCC[C@@H](C)C(=O)S. The minimum absolute atomic E-state index is 0.00634. The maximum Gasteiger partial charge on any atom is 0.188 e. The standard InChI is InChI=1S/C6H12OS/c1-3-4-5(2)6(7)8/h5H,3-4H2,1-2H3,(H,7,8)/t5-/m1/s1. The van der Waals surface area contributed by atoms with E-state index in [1.807, 2.05) is 6.92 Å². The molecule has 0 unspecified atom stereocenters. The van der Waals surface area contributed by atoms with Gasteiger partial charge in [0, 0.05) is 5.92 Å². The fourth-order valence-corrected chi connectivity index (χ4v) is 0.686. The molecule has 1 atom stereocenters. The van der Waals surface area contributed by atoms with Crippen LogP contribution in [0.1, 0.15) is 26.7 Å². The summed E-state index contributed by atoms with van der Waals surface area (Å²) in [4.78, 5) is 10.4. The Balaban J connectivity index is 3.32. The van der Waals surface area contributed by atoms with Gasteiger partial charge in [0.2, 0.25) is 0 Å². The fraction of sp³-hybridized carbons (Fsp3) is 0.833. The van der Waals surface area contributed by atoms with E-state index >= 15 is 0 Å². The van der Waals surface area contributed by atoms with Crippen molar-refractivity contribution in [3.05, 3.63) is 0 Å². The number of rotatable bonds is 3. The molecule has 0 spiro atoms. The fourth-order valence-electron chi connectivity index (χ4n) is 0.556. The zero-order chi connectivity index (χ0) is 6.57. The molecule has 0 amide bonds. The van der Waals surface area contributed by atoms with Crippen LogP contribution in [0.2, 0.25) is 0 Å². The molecule has 0 aliphatic carbocycles. The third kappa shape index (κ3) is 3.08. The Labute approximate surface area is 55.9 Å². The van der Waals surface area contributed by atoms with Gasteiger partial charge in [0.1, 0.15) is 0 Å². The topological polar surface area (TPSA) is 17.1 Å². The van der Waals surface area contributed by atoms with Crippen LogP contribution in [0.4, 0.5) is 0 Å². The smallest absolute Gasteiger partial charge is 0.188 e. The van der Waals surface area contributed by atoms with Gasteiger partial charge in [0.25, 0.3) is 0 Å². The molecule has 0 heterocycles. The van der Waals surface area contributed by atoms with Gasteiger partial charge >= 0.3 is 0 Å². The molecule has 0 radical (unpaired) electrons. The van der Waals surface area contributed by atoms with Crippen LogP contribution in [0.3, 0.4) is 0 Å². The van der Waals surface area contributed by atoms with Crippen LogP contribution in [0.5, 0.6) is 0 Å². The Bertz CT molecular complexity index is 80.6. The van der Waals surface area contributed by atoms with Crippen LogP contribution in [0.15, 0.2) is 0 Å². The average Bonchev–Trinajstić information content (AvgIpc) is 1.67. The molecule has 2 heteroatoms. The maximum absolute atomic E-state index is 10.4. The lowest BCUT2D eigenvalue weighted by Gasteiger charge is -2.00. The van der Waals surface area contributed by atoms with Gasteiger partial charge in [-0.3, -0.25) is 4.79 Å². The first-order valence-corrected chi connectivity index (χ1v) is 3.36. The number of carbonyl (C=O) groups excluding carboxylic acids is 1. The highest BCUT2D eigenvalue weighted by Gasteiger charge is 2.04. The minimum atomic E-state index is 0.00634. The largest absolute Gasteiger partial charge is 0.287 e. The van der Waals surface area contributed by atoms with E-state index in [0.29, 0.717) is 0 Å². The maximum atomic E-state index is 10.4. The summed E-state index contributed by atoms with van der Waals surface area (Å²) in [6, 6.07) is 0. The average molecular weight is 132 g/mol. The van der Waals surface area contributed by atoms with E-state index in [1.54, 1.807) is 0 Å². The van der Waals surface area contributed by atoms with Gasteiger partial charge in [-0.1, -0.05) is 20.3 Å². The molecule has 48 valence electrons. The number of hydrogen-bond acceptors (Lipinski definition) is 1. The van der Waals surface area contributed by atoms with Crippen molar-refractivity contribution in [2.24, 2.45) is 5.92 Å². The summed E-state index contributed by atoms with van der Waals surface area (Å²) in [5.41, 5.74) is 0. The van der Waals surface area contributed by atoms with Crippen molar-refractivity contribution in [3.8, 4) is 0 Å². The first-order valence-electron chi connectivity index (χ1n) is 2.91. The first-order chi connectivity index (χ1) is 3.68. The van der Waals surface area contributed by atoms with Gasteiger partial charge in [-0.2, -0.15) is 0 Å². The number of carbonyl (C=O) groups is 1. The zero-order valence-corrected chi connectivity index (χ0v) is 6.24. The van der Waals surface area contributed by atoms with Crippen molar-refractivity contribution >= 4 is 17.7 Å². The van der Waals surface area contributed by atoms with Crippen molar-refractivity contribution in [2.75, 3.05) is 0 Å². The van der Waals surface area contributed by atoms with Crippen LogP contribution < -0.4 is 0 Å². The summed E-state index contributed by atoms with van der Waals surface area (Å²) in [7, 11) is 0. The van der Waals surface area contributed by atoms with Gasteiger partial charge < -0.3 is 0 Å². The first kappa shape index (κ1) is 8.02. The lowest BCUT2D eigenvalue weighted by molar-refractivity contribution is -0.113. The Hall–Kier alpha value is 0.0200. The van der Waals surface area contributed by atoms with Crippen LogP contribution in [0.25, 0.3) is 0 Å². The van der Waals surface area contributed by atoms with Gasteiger partial charge in [-0.15, -0.1) is 12.6 Å². The Morgan fingerprint density at radius 2 is 2.25 bits per heavy atom. The molecule has 0 saturated heterocycles. The summed E-state index contributed by atoms with van der Waals surface area (Å²) >= 11 is 3.69. The van der Waals surface area contributed by atoms with Crippen molar-refractivity contribution in [1.82, 2.24) is 0 Å². The van der Waals surface area contributed by atoms with E-state index in [0.717, 1.165) is 12.8 Å². The predicted octanol–water partition coefficient (Wildman–Crippen LogP) is 1.88. The third-order valence-corrected chi connectivity index (χ3v) is 1.58. The Kier molecular flexibility index (Phi) is 3.97. The normalized spacial score (nSPS) is 13.4. The van der Waals surface area contributed by atoms with Gasteiger partial charge in [0.15, 0.2) is 5.12 Å². The summed E-state index contributed by atoms with van der Waals surface area (Å²) in [5.74, 6) is 0.142. The Morgan fingerprint density at radius 1 is 1.75 bits per heavy atom. The molecule has 0 aromatic carbocycles. The van der Waals surface area contributed by atoms with Crippen molar-refractivity contribution in [3.63, 3.8) is 0 Å². The van der Waals surface area contributed by atoms with E-state index in [-0.39, 0.29) is 11.0 Å². The Morgan fingerprint density at radius 3 is 2.38 bits per heavy atom. The van der Waals surface area contributed by atoms with E-state index in [2.05, 4.69) is 19.6 Å². The molecule has 8 heavy (non-hydrogen) atoms. The molecule has 0 aliphatic rings. The predicted molar refractivity (Wildman–Crippen MR) is 38.1 cm³/mol. The van der Waals surface area contributed by atoms with E-state index in [4.69, 9.17) is 0 Å². The molecular formula is C6H12OS. The lowest BCUT2D eigenvalue weighted by Crippen LogP contribution is -2.01. The zero-order valence-electron chi connectivity index (χ0n) is 5.35. The minimum Gasteiger partial charge on any atom is -0.287 e. The molecule has 0 aromatic heterocycles. The second kappa shape index (κ2) is 3.96. The lowest BCUT2D eigenvalue weighted by atomic mass is 10.1. The highest BCUT2D eigenvalue weighted by atomic mass is 32.1. The monoisotopic (exact) mass is 132 g/mol. The summed E-state index contributed by atoms with van der Waals surface area (Å²) < 4.78 is 0.